The van der Waals surface area contributed by atoms with Gasteiger partial charge in [-0.15, -0.1) is 0 Å². The van der Waals surface area contributed by atoms with Crippen LogP contribution in [0.5, 0.6) is 0 Å². The number of hydrogen-bond acceptors (Lipinski definition) is 4. The van der Waals surface area contributed by atoms with E-state index in [0.29, 0.717) is 23.5 Å². The van der Waals surface area contributed by atoms with Crippen LogP contribution in [0.2, 0.25) is 5.02 Å². The Labute approximate surface area is 117 Å². The number of piperidine rings is 1. The van der Waals surface area contributed by atoms with Gasteiger partial charge in [0.2, 0.25) is 0 Å². The zero-order valence-corrected chi connectivity index (χ0v) is 11.9. The average Bonchev–Trinajstić information content (AvgIpc) is 2.85. The van der Waals surface area contributed by atoms with E-state index in [9.17, 15) is 4.79 Å². The zero-order chi connectivity index (χ0) is 13.4. The lowest BCUT2D eigenvalue weighted by molar-refractivity contribution is 0.340. The number of hydrogen-bond donors (Lipinski definition) is 1. The number of aromatic nitrogens is 2. The molecule has 1 N–H and O–H groups in total. The molecule has 2 aliphatic heterocycles. The molecule has 0 aromatic carbocycles. The van der Waals surface area contributed by atoms with Gasteiger partial charge in [0.15, 0.2) is 0 Å². The lowest BCUT2D eigenvalue weighted by Gasteiger charge is -2.24. The Morgan fingerprint density at radius 2 is 2.37 bits per heavy atom. The number of nitrogens with zero attached hydrogens (tertiary/aromatic N) is 3. The van der Waals surface area contributed by atoms with Gasteiger partial charge in [-0.25, -0.2) is 4.68 Å². The molecular formula is C13H19ClN4O. The highest BCUT2D eigenvalue weighted by molar-refractivity contribution is 6.33. The van der Waals surface area contributed by atoms with Crippen molar-refractivity contribution in [2.45, 2.75) is 32.4 Å². The van der Waals surface area contributed by atoms with Gasteiger partial charge in [0.25, 0.3) is 5.56 Å². The zero-order valence-electron chi connectivity index (χ0n) is 11.1. The Hall–Kier alpha value is -1.07. The molecule has 0 amide bonds. The fourth-order valence-electron chi connectivity index (χ4n) is 3.15. The molecule has 0 radical (unpaired) electrons. The van der Waals surface area contributed by atoms with Crippen molar-refractivity contribution in [2.24, 2.45) is 5.92 Å². The summed E-state index contributed by atoms with van der Waals surface area (Å²) < 4.78 is 1.40. The number of rotatable bonds is 2. The standard InChI is InChI=1S/C13H19ClN4O/c1-2-18-13(19)12(14)11(6-16-18)17-7-9-4-3-5-15-10(9)8-17/h6,9-10,15H,2-5,7-8H2,1H3/t9-,10+/m0/s1. The molecule has 5 nitrogen and oxygen atoms in total. The first-order valence-electron chi connectivity index (χ1n) is 6.94. The van der Waals surface area contributed by atoms with Crippen molar-refractivity contribution in [1.82, 2.24) is 15.1 Å². The molecular weight excluding hydrogens is 264 g/mol. The van der Waals surface area contributed by atoms with E-state index in [-0.39, 0.29) is 5.56 Å². The summed E-state index contributed by atoms with van der Waals surface area (Å²) in [6.45, 7) is 5.42. The smallest absolute Gasteiger partial charge is 0.287 e. The number of aryl methyl sites for hydroxylation is 1. The van der Waals surface area contributed by atoms with Gasteiger partial charge in [-0.3, -0.25) is 4.79 Å². The van der Waals surface area contributed by atoms with Crippen LogP contribution in [0.25, 0.3) is 0 Å². The molecule has 0 aliphatic carbocycles. The summed E-state index contributed by atoms with van der Waals surface area (Å²) in [7, 11) is 0. The van der Waals surface area contributed by atoms with Crippen LogP contribution in [0.1, 0.15) is 19.8 Å². The van der Waals surface area contributed by atoms with E-state index in [0.717, 1.165) is 25.3 Å². The molecule has 1 aromatic heterocycles. The second kappa shape index (κ2) is 5.13. The van der Waals surface area contributed by atoms with Crippen molar-refractivity contribution in [1.29, 1.82) is 0 Å². The summed E-state index contributed by atoms with van der Waals surface area (Å²) in [6, 6.07) is 0.526. The van der Waals surface area contributed by atoms with Crippen LogP contribution in [0.4, 0.5) is 5.69 Å². The van der Waals surface area contributed by atoms with Crippen molar-refractivity contribution in [3.63, 3.8) is 0 Å². The minimum absolute atomic E-state index is 0.190. The summed E-state index contributed by atoms with van der Waals surface area (Å²) in [5.41, 5.74) is 0.595. The predicted molar refractivity (Wildman–Crippen MR) is 75.9 cm³/mol. The molecule has 2 saturated heterocycles. The van der Waals surface area contributed by atoms with E-state index in [4.69, 9.17) is 11.6 Å². The molecule has 3 heterocycles. The molecule has 3 rings (SSSR count). The Kier molecular flexibility index (Phi) is 3.50. The van der Waals surface area contributed by atoms with Crippen molar-refractivity contribution < 1.29 is 0 Å². The van der Waals surface area contributed by atoms with Gasteiger partial charge in [-0.1, -0.05) is 11.6 Å². The van der Waals surface area contributed by atoms with E-state index in [2.05, 4.69) is 15.3 Å². The van der Waals surface area contributed by atoms with Gasteiger partial charge in [0.1, 0.15) is 5.02 Å². The van der Waals surface area contributed by atoms with E-state index in [1.807, 2.05) is 6.92 Å². The normalized spacial score (nSPS) is 26.5. The topological polar surface area (TPSA) is 50.2 Å². The van der Waals surface area contributed by atoms with Gasteiger partial charge < -0.3 is 10.2 Å². The van der Waals surface area contributed by atoms with Crippen LogP contribution < -0.4 is 15.8 Å². The first-order chi connectivity index (χ1) is 9.20. The fraction of sp³-hybridized carbons (Fsp3) is 0.692. The van der Waals surface area contributed by atoms with Crippen LogP contribution in [0.3, 0.4) is 0 Å². The van der Waals surface area contributed by atoms with Gasteiger partial charge in [-0.05, 0) is 32.2 Å². The fourth-order valence-corrected chi connectivity index (χ4v) is 3.41. The number of anilines is 1. The molecule has 1 aromatic rings. The van der Waals surface area contributed by atoms with Gasteiger partial charge in [0, 0.05) is 25.7 Å². The maximum absolute atomic E-state index is 12.0. The Balaban J connectivity index is 1.87. The maximum atomic E-state index is 12.0. The van der Waals surface area contributed by atoms with Gasteiger partial charge in [0.05, 0.1) is 11.9 Å². The first-order valence-corrected chi connectivity index (χ1v) is 7.32. The highest BCUT2D eigenvalue weighted by Crippen LogP contribution is 2.31. The number of nitrogens with one attached hydrogen (secondary N) is 1. The minimum atomic E-state index is -0.190. The molecule has 0 spiro atoms. The summed E-state index contributed by atoms with van der Waals surface area (Å²) in [5.74, 6) is 0.665. The Morgan fingerprint density at radius 1 is 1.53 bits per heavy atom. The van der Waals surface area contributed by atoms with Crippen molar-refractivity contribution in [3.05, 3.63) is 21.6 Å². The second-order valence-electron chi connectivity index (χ2n) is 5.33. The minimum Gasteiger partial charge on any atom is -0.367 e. The Morgan fingerprint density at radius 3 is 3.11 bits per heavy atom. The van der Waals surface area contributed by atoms with Gasteiger partial charge in [-0.2, -0.15) is 5.10 Å². The van der Waals surface area contributed by atoms with E-state index in [1.165, 1.54) is 17.5 Å². The average molecular weight is 283 g/mol. The second-order valence-corrected chi connectivity index (χ2v) is 5.71. The van der Waals surface area contributed by atoms with E-state index < -0.39 is 0 Å². The van der Waals surface area contributed by atoms with Crippen LogP contribution in [-0.2, 0) is 6.54 Å². The molecule has 2 atom stereocenters. The first kappa shape index (κ1) is 12.9. The maximum Gasteiger partial charge on any atom is 0.287 e. The monoisotopic (exact) mass is 282 g/mol. The van der Waals surface area contributed by atoms with Crippen LogP contribution in [0, 0.1) is 5.92 Å². The summed E-state index contributed by atoms with van der Waals surface area (Å²) >= 11 is 6.22. The third-order valence-corrected chi connectivity index (χ3v) is 4.56. The molecule has 2 fully saturated rings. The lowest BCUT2D eigenvalue weighted by Crippen LogP contribution is -2.40. The van der Waals surface area contributed by atoms with Crippen LogP contribution >= 0.6 is 11.6 Å². The van der Waals surface area contributed by atoms with Crippen molar-refractivity contribution in [2.75, 3.05) is 24.5 Å². The van der Waals surface area contributed by atoms with E-state index >= 15 is 0 Å². The van der Waals surface area contributed by atoms with Crippen LogP contribution in [0.15, 0.2) is 11.0 Å². The van der Waals surface area contributed by atoms with Crippen molar-refractivity contribution >= 4 is 17.3 Å². The molecule has 0 bridgehead atoms. The molecule has 0 saturated carbocycles. The number of halogens is 1. The molecule has 0 unspecified atom stereocenters. The summed E-state index contributed by atoms with van der Waals surface area (Å²) in [5, 5.41) is 8.03. The lowest BCUT2D eigenvalue weighted by atomic mass is 9.94. The summed E-state index contributed by atoms with van der Waals surface area (Å²) in [4.78, 5) is 14.2. The van der Waals surface area contributed by atoms with Crippen LogP contribution in [-0.4, -0.2) is 35.5 Å². The molecule has 104 valence electrons. The SMILES string of the molecule is CCn1ncc(N2C[C@@H]3CCCN[C@@H]3C2)c(Cl)c1=O. The molecule has 6 heteroatoms. The highest BCUT2D eigenvalue weighted by Gasteiger charge is 2.35. The molecule has 19 heavy (non-hydrogen) atoms. The Bertz CT molecular complexity index is 516. The largest absolute Gasteiger partial charge is 0.367 e. The van der Waals surface area contributed by atoms with Crippen molar-refractivity contribution in [3.8, 4) is 0 Å². The third-order valence-electron chi connectivity index (χ3n) is 4.21. The molecule has 2 aliphatic rings. The quantitative estimate of drug-likeness (QED) is 0.883. The number of fused-ring (bicyclic) bond motifs is 1. The predicted octanol–water partition coefficient (Wildman–Crippen LogP) is 1.10. The third kappa shape index (κ3) is 2.25. The van der Waals surface area contributed by atoms with E-state index in [1.54, 1.807) is 6.20 Å². The summed E-state index contributed by atoms with van der Waals surface area (Å²) in [6.07, 6.45) is 4.22. The highest BCUT2D eigenvalue weighted by atomic mass is 35.5. The van der Waals surface area contributed by atoms with Gasteiger partial charge >= 0.3 is 0 Å².